The molecule has 2 aromatic carbocycles. The maximum atomic E-state index is 14.1. The third-order valence-electron chi connectivity index (χ3n) is 7.25. The summed E-state index contributed by atoms with van der Waals surface area (Å²) in [4.78, 5) is 33.2. The van der Waals surface area contributed by atoms with Gasteiger partial charge >= 0.3 is 6.03 Å². The van der Waals surface area contributed by atoms with Crippen LogP contribution in [0.25, 0.3) is 0 Å². The Kier molecular flexibility index (Phi) is 8.23. The minimum Gasteiger partial charge on any atom is -0.339 e. The van der Waals surface area contributed by atoms with Crippen molar-refractivity contribution in [3.63, 3.8) is 0 Å². The van der Waals surface area contributed by atoms with E-state index in [1.807, 2.05) is 17.9 Å². The molecule has 2 aliphatic heterocycles. The zero-order valence-corrected chi connectivity index (χ0v) is 23.3. The Morgan fingerprint density at radius 2 is 1.92 bits per heavy atom. The van der Waals surface area contributed by atoms with E-state index < -0.39 is 0 Å². The fraction of sp³-hybridized carbons (Fsp3) is 0.357. The van der Waals surface area contributed by atoms with Crippen LogP contribution < -0.4 is 5.32 Å². The van der Waals surface area contributed by atoms with Gasteiger partial charge in [-0.25, -0.2) is 9.18 Å². The predicted molar refractivity (Wildman–Crippen MR) is 151 cm³/mol. The number of nitrogens with one attached hydrogen (secondary N) is 1. The number of carbonyl (C=O) groups excluding carboxylic acids is 2. The second kappa shape index (κ2) is 11.6. The molecule has 1 N–H and O–H groups in total. The van der Waals surface area contributed by atoms with Crippen LogP contribution in [0.2, 0.25) is 10.0 Å². The molecule has 2 aliphatic rings. The van der Waals surface area contributed by atoms with Gasteiger partial charge in [-0.1, -0.05) is 35.3 Å². The summed E-state index contributed by atoms with van der Waals surface area (Å²) in [6.45, 7) is 4.73. The normalized spacial score (nSPS) is 19.8. The average Bonchev–Trinajstić information content (AvgIpc) is 3.38. The number of hydrogen-bond acceptors (Lipinski definition) is 4. The number of benzene rings is 2. The fourth-order valence-electron chi connectivity index (χ4n) is 5.33. The second-order valence-corrected chi connectivity index (χ2v) is 11.5. The minimum atomic E-state index is -0.254. The summed E-state index contributed by atoms with van der Waals surface area (Å²) < 4.78 is 14.1. The first kappa shape index (κ1) is 26.9. The van der Waals surface area contributed by atoms with E-state index in [1.165, 1.54) is 16.5 Å². The Balaban J connectivity index is 1.19. The number of halogens is 3. The quantitative estimate of drug-likeness (QED) is 0.389. The van der Waals surface area contributed by atoms with Crippen LogP contribution in [0.15, 0.2) is 53.9 Å². The minimum absolute atomic E-state index is 0.0608. The number of hydrogen-bond donors (Lipinski definition) is 1. The van der Waals surface area contributed by atoms with Gasteiger partial charge in [0.1, 0.15) is 5.82 Å². The van der Waals surface area contributed by atoms with Crippen LogP contribution in [0, 0.1) is 5.82 Å². The van der Waals surface area contributed by atoms with Crippen molar-refractivity contribution in [3.8, 4) is 0 Å². The van der Waals surface area contributed by atoms with Gasteiger partial charge in [-0.05, 0) is 66.2 Å². The number of carbonyl (C=O) groups is 2. The number of piperazine rings is 1. The van der Waals surface area contributed by atoms with E-state index >= 15 is 0 Å². The van der Waals surface area contributed by atoms with Crippen molar-refractivity contribution in [3.05, 3.63) is 85.8 Å². The Hall–Kier alpha value is -2.65. The molecular weight excluding hydrogens is 546 g/mol. The summed E-state index contributed by atoms with van der Waals surface area (Å²) in [5, 5.41) is 5.74. The highest BCUT2D eigenvalue weighted by molar-refractivity contribution is 7.10. The summed E-state index contributed by atoms with van der Waals surface area (Å²) in [7, 11) is 0. The summed E-state index contributed by atoms with van der Waals surface area (Å²) in [5.41, 5.74) is 2.68. The fourth-order valence-corrected chi connectivity index (χ4v) is 6.53. The van der Waals surface area contributed by atoms with Gasteiger partial charge < -0.3 is 15.1 Å². The number of anilines is 1. The van der Waals surface area contributed by atoms with Gasteiger partial charge in [0.25, 0.3) is 0 Å². The lowest BCUT2D eigenvalue weighted by Crippen LogP contribution is -2.56. The summed E-state index contributed by atoms with van der Waals surface area (Å²) in [5.74, 6) is -0.188. The number of amides is 3. The summed E-state index contributed by atoms with van der Waals surface area (Å²) >= 11 is 13.8. The molecule has 1 fully saturated rings. The number of nitrogens with zero attached hydrogens (tertiary/aromatic N) is 3. The topological polar surface area (TPSA) is 55.9 Å². The van der Waals surface area contributed by atoms with E-state index in [2.05, 4.69) is 21.7 Å². The number of urea groups is 1. The molecule has 0 unspecified atom stereocenters. The van der Waals surface area contributed by atoms with Crippen molar-refractivity contribution in [2.24, 2.45) is 0 Å². The number of rotatable bonds is 5. The lowest BCUT2D eigenvalue weighted by Gasteiger charge is -2.40. The molecule has 6 nitrogen and oxygen atoms in total. The summed E-state index contributed by atoms with van der Waals surface area (Å²) in [6, 6.07) is 13.4. The first-order valence-electron chi connectivity index (χ1n) is 12.7. The Bertz CT molecular complexity index is 1340. The first-order chi connectivity index (χ1) is 18.3. The lowest BCUT2D eigenvalue weighted by atomic mass is 9.93. The molecule has 0 bridgehead atoms. The molecule has 1 aromatic heterocycles. The molecule has 3 heterocycles. The molecule has 38 heavy (non-hydrogen) atoms. The molecule has 5 rings (SSSR count). The van der Waals surface area contributed by atoms with Crippen molar-refractivity contribution in [2.75, 3.05) is 38.0 Å². The van der Waals surface area contributed by atoms with Gasteiger partial charge in [-0.2, -0.15) is 0 Å². The van der Waals surface area contributed by atoms with E-state index in [4.69, 9.17) is 23.2 Å². The monoisotopic (exact) mass is 574 g/mol. The predicted octanol–water partition coefficient (Wildman–Crippen LogP) is 6.30. The highest BCUT2D eigenvalue weighted by Gasteiger charge is 2.32. The smallest absolute Gasteiger partial charge is 0.322 e. The Labute approximate surface area is 235 Å². The van der Waals surface area contributed by atoms with Crippen molar-refractivity contribution in [2.45, 2.75) is 31.8 Å². The highest BCUT2D eigenvalue weighted by Crippen LogP contribution is 2.38. The largest absolute Gasteiger partial charge is 0.339 e. The summed E-state index contributed by atoms with van der Waals surface area (Å²) in [6.07, 6.45) is 1.30. The molecule has 0 aliphatic carbocycles. The zero-order valence-electron chi connectivity index (χ0n) is 21.0. The van der Waals surface area contributed by atoms with Gasteiger partial charge in [0.05, 0.1) is 16.1 Å². The van der Waals surface area contributed by atoms with Gasteiger partial charge in [0, 0.05) is 55.8 Å². The van der Waals surface area contributed by atoms with Crippen molar-refractivity contribution in [1.29, 1.82) is 0 Å². The number of thiophene rings is 1. The molecule has 200 valence electrons. The van der Waals surface area contributed by atoms with Crippen LogP contribution >= 0.6 is 34.5 Å². The second-order valence-electron chi connectivity index (χ2n) is 9.73. The van der Waals surface area contributed by atoms with E-state index in [0.717, 1.165) is 18.5 Å². The third kappa shape index (κ3) is 5.83. The van der Waals surface area contributed by atoms with Gasteiger partial charge in [0.2, 0.25) is 5.91 Å². The average molecular weight is 576 g/mol. The van der Waals surface area contributed by atoms with Crippen molar-refractivity contribution in [1.82, 2.24) is 14.7 Å². The lowest BCUT2D eigenvalue weighted by molar-refractivity contribution is -0.134. The van der Waals surface area contributed by atoms with E-state index in [-0.39, 0.29) is 29.8 Å². The molecule has 0 spiro atoms. The van der Waals surface area contributed by atoms with Crippen LogP contribution in [0.4, 0.5) is 14.9 Å². The van der Waals surface area contributed by atoms with E-state index in [1.54, 1.807) is 46.6 Å². The maximum absolute atomic E-state index is 14.1. The molecular formula is C28H29Cl2FN4O2S. The molecule has 0 radical (unpaired) electrons. The van der Waals surface area contributed by atoms with Crippen LogP contribution in [-0.4, -0.2) is 65.4 Å². The van der Waals surface area contributed by atoms with Crippen molar-refractivity contribution < 1.29 is 14.0 Å². The van der Waals surface area contributed by atoms with Gasteiger partial charge in [0.15, 0.2) is 0 Å². The molecule has 3 amide bonds. The third-order valence-corrected chi connectivity index (χ3v) is 8.99. The molecule has 10 heteroatoms. The van der Waals surface area contributed by atoms with E-state index in [9.17, 15) is 14.0 Å². The Morgan fingerprint density at radius 1 is 1.08 bits per heavy atom. The Morgan fingerprint density at radius 3 is 2.68 bits per heavy atom. The molecule has 0 saturated carbocycles. The van der Waals surface area contributed by atoms with Crippen LogP contribution in [0.5, 0.6) is 0 Å². The van der Waals surface area contributed by atoms with Gasteiger partial charge in [-0.3, -0.25) is 9.69 Å². The molecule has 2 atom stereocenters. The standard InChI is InChI=1S/C28H29Cl2FN4O2S/c1-18-17-34(12-13-35(18)28(37)32-21-5-6-23(29)24(30)16-21)26(36)8-11-33-10-7-25-22(9-14-38-25)27(33)19-3-2-4-20(31)15-19/h2-6,9,14-16,18,27H,7-8,10-13,17H2,1H3,(H,32,37)/t18-,27-/m1/s1. The van der Waals surface area contributed by atoms with Crippen LogP contribution in [0.3, 0.4) is 0 Å². The number of fused-ring (bicyclic) bond motifs is 1. The van der Waals surface area contributed by atoms with Gasteiger partial charge in [-0.15, -0.1) is 11.3 Å². The van der Waals surface area contributed by atoms with Crippen LogP contribution in [-0.2, 0) is 11.2 Å². The molecule has 3 aromatic rings. The molecule has 1 saturated heterocycles. The highest BCUT2D eigenvalue weighted by atomic mass is 35.5. The SMILES string of the molecule is C[C@@H]1CN(C(=O)CCN2CCc3sccc3[C@H]2c2cccc(F)c2)CCN1C(=O)Nc1ccc(Cl)c(Cl)c1. The van der Waals surface area contributed by atoms with Crippen LogP contribution in [0.1, 0.15) is 35.4 Å². The van der Waals surface area contributed by atoms with Crippen molar-refractivity contribution >= 4 is 52.2 Å². The first-order valence-corrected chi connectivity index (χ1v) is 14.3. The maximum Gasteiger partial charge on any atom is 0.322 e. The van der Waals surface area contributed by atoms with E-state index in [0.29, 0.717) is 48.3 Å². The zero-order chi connectivity index (χ0) is 26.8.